The van der Waals surface area contributed by atoms with Gasteiger partial charge in [0, 0.05) is 39.9 Å². The van der Waals surface area contributed by atoms with Crippen LogP contribution >= 0.6 is 59.4 Å². The van der Waals surface area contributed by atoms with Crippen LogP contribution in [-0.2, 0) is 4.74 Å². The number of amides is 2. The number of methoxy groups -OCH3 is 1. The molecule has 0 spiro atoms. The van der Waals surface area contributed by atoms with E-state index >= 15 is 0 Å². The molecule has 3 rings (SSSR count). The standard InChI is InChI=1S/C20H16Br3ClN6O4/c1-34-20(33)29(25)6-4-15(31)11-7-10(21)8-13(22)16(11)27-19(32)30-9-12(18(23)28-30)17-14(24)3-2-5-26-17/h2-3,5,7-9H,4,6,25H2,1H3,(H,27,32). The number of ketones is 1. The third-order valence-corrected chi connectivity index (χ3v) is 6.44. The van der Waals surface area contributed by atoms with Crippen LogP contribution in [0.15, 0.2) is 50.2 Å². The van der Waals surface area contributed by atoms with Crippen molar-refractivity contribution in [2.45, 2.75) is 6.42 Å². The fourth-order valence-corrected chi connectivity index (χ4v) is 4.86. The molecule has 2 amide bonds. The number of rotatable bonds is 6. The second-order valence-corrected chi connectivity index (χ2v) is 9.62. The number of aromatic nitrogens is 3. The Kier molecular flexibility index (Phi) is 8.82. The first-order valence-electron chi connectivity index (χ1n) is 9.42. The van der Waals surface area contributed by atoms with E-state index in [0.717, 1.165) is 9.69 Å². The maximum atomic E-state index is 13.0. The minimum Gasteiger partial charge on any atom is -0.452 e. The number of hydrogen-bond donors (Lipinski definition) is 2. The second-order valence-electron chi connectivity index (χ2n) is 6.69. The molecular weight excluding hydrogens is 663 g/mol. The average Bonchev–Trinajstić information content (AvgIpc) is 3.19. The van der Waals surface area contributed by atoms with Crippen LogP contribution in [0.5, 0.6) is 0 Å². The van der Waals surface area contributed by atoms with E-state index in [1.54, 1.807) is 30.5 Å². The van der Waals surface area contributed by atoms with Gasteiger partial charge in [-0.15, -0.1) is 0 Å². The predicted octanol–water partition coefficient (Wildman–Crippen LogP) is 5.48. The zero-order chi connectivity index (χ0) is 25.0. The van der Waals surface area contributed by atoms with Crippen molar-refractivity contribution < 1.29 is 19.1 Å². The van der Waals surface area contributed by atoms with Gasteiger partial charge in [-0.25, -0.2) is 20.4 Å². The van der Waals surface area contributed by atoms with Gasteiger partial charge in [-0.2, -0.15) is 9.78 Å². The van der Waals surface area contributed by atoms with Crippen molar-refractivity contribution in [3.05, 3.63) is 60.8 Å². The van der Waals surface area contributed by atoms with Gasteiger partial charge in [0.2, 0.25) is 0 Å². The van der Waals surface area contributed by atoms with Crippen LogP contribution in [-0.4, -0.2) is 51.3 Å². The summed E-state index contributed by atoms with van der Waals surface area (Å²) < 4.78 is 7.00. The highest BCUT2D eigenvalue weighted by Gasteiger charge is 2.22. The zero-order valence-corrected chi connectivity index (χ0v) is 22.9. The average molecular weight is 680 g/mol. The van der Waals surface area contributed by atoms with Crippen LogP contribution < -0.4 is 11.2 Å². The Labute approximate surface area is 224 Å². The van der Waals surface area contributed by atoms with Crippen molar-refractivity contribution in [1.82, 2.24) is 19.8 Å². The first-order chi connectivity index (χ1) is 16.1. The molecule has 0 fully saturated rings. The summed E-state index contributed by atoms with van der Waals surface area (Å²) in [5, 5.41) is 8.05. The zero-order valence-electron chi connectivity index (χ0n) is 17.4. The van der Waals surface area contributed by atoms with Crippen molar-refractivity contribution in [3.63, 3.8) is 0 Å². The number of Topliss-reactive ketones (excluding diaryl/α,β-unsaturated/α-hetero) is 1. The van der Waals surface area contributed by atoms with Crippen molar-refractivity contribution in [3.8, 4) is 11.3 Å². The summed E-state index contributed by atoms with van der Waals surface area (Å²) in [6, 6.07) is 5.96. The summed E-state index contributed by atoms with van der Waals surface area (Å²) in [5.74, 6) is 5.21. The number of carbonyl (C=O) groups is 3. The van der Waals surface area contributed by atoms with Gasteiger partial charge < -0.3 is 10.1 Å². The Balaban J connectivity index is 1.86. The molecule has 2 heterocycles. The van der Waals surface area contributed by atoms with Crippen molar-refractivity contribution in [2.24, 2.45) is 5.84 Å². The number of benzene rings is 1. The first kappa shape index (κ1) is 26.3. The normalized spacial score (nSPS) is 10.6. The molecule has 0 aliphatic rings. The van der Waals surface area contributed by atoms with Crippen molar-refractivity contribution in [1.29, 1.82) is 0 Å². The van der Waals surface area contributed by atoms with Crippen LogP contribution in [0.3, 0.4) is 0 Å². The third-order valence-electron chi connectivity index (χ3n) is 4.47. The number of hydrazine groups is 1. The molecule has 1 aromatic carbocycles. The largest absolute Gasteiger partial charge is 0.452 e. The highest BCUT2D eigenvalue weighted by Crippen LogP contribution is 2.33. The molecule has 0 saturated heterocycles. The Bertz CT molecular complexity index is 1270. The summed E-state index contributed by atoms with van der Waals surface area (Å²) in [4.78, 5) is 41.6. The fraction of sp³-hybridized carbons (Fsp3) is 0.150. The number of halogens is 4. The minimum atomic E-state index is -0.773. The highest BCUT2D eigenvalue weighted by molar-refractivity contribution is 9.11. The van der Waals surface area contributed by atoms with E-state index in [0.29, 0.717) is 29.8 Å². The fourth-order valence-electron chi connectivity index (χ4n) is 2.85. The summed E-state index contributed by atoms with van der Waals surface area (Å²) in [6.45, 7) is -0.0800. The van der Waals surface area contributed by atoms with Gasteiger partial charge in [0.15, 0.2) is 5.78 Å². The van der Waals surface area contributed by atoms with Gasteiger partial charge in [0.1, 0.15) is 4.60 Å². The molecule has 0 saturated carbocycles. The predicted molar refractivity (Wildman–Crippen MR) is 137 cm³/mol. The number of nitrogens with one attached hydrogen (secondary N) is 1. The maximum absolute atomic E-state index is 13.0. The van der Waals surface area contributed by atoms with Gasteiger partial charge >= 0.3 is 12.1 Å². The number of carbonyl (C=O) groups excluding carboxylic acids is 3. The molecule has 3 aromatic rings. The second kappa shape index (κ2) is 11.4. The van der Waals surface area contributed by atoms with E-state index in [-0.39, 0.29) is 30.0 Å². The number of nitrogens with zero attached hydrogens (tertiary/aromatic N) is 4. The first-order valence-corrected chi connectivity index (χ1v) is 12.2. The summed E-state index contributed by atoms with van der Waals surface area (Å²) >= 11 is 16.2. The molecule has 10 nitrogen and oxygen atoms in total. The smallest absolute Gasteiger partial charge is 0.423 e. The molecule has 0 aliphatic heterocycles. The topological polar surface area (TPSA) is 132 Å². The summed E-state index contributed by atoms with van der Waals surface area (Å²) in [7, 11) is 1.18. The van der Waals surface area contributed by atoms with Crippen LogP contribution in [0, 0.1) is 0 Å². The Hall–Kier alpha value is -2.32. The molecule has 0 radical (unpaired) electrons. The lowest BCUT2D eigenvalue weighted by Gasteiger charge is -2.16. The Morgan fingerprint density at radius 3 is 2.68 bits per heavy atom. The van der Waals surface area contributed by atoms with Gasteiger partial charge in [0.25, 0.3) is 0 Å². The molecule has 34 heavy (non-hydrogen) atoms. The van der Waals surface area contributed by atoms with E-state index in [2.05, 4.69) is 67.9 Å². The number of hydrogen-bond acceptors (Lipinski definition) is 7. The lowest BCUT2D eigenvalue weighted by atomic mass is 10.1. The highest BCUT2D eigenvalue weighted by atomic mass is 79.9. The summed E-state index contributed by atoms with van der Waals surface area (Å²) in [5.41, 5.74) is 1.39. The van der Waals surface area contributed by atoms with Gasteiger partial charge in [0.05, 0.1) is 29.1 Å². The van der Waals surface area contributed by atoms with Gasteiger partial charge in [-0.1, -0.05) is 27.5 Å². The Morgan fingerprint density at radius 2 is 2.00 bits per heavy atom. The Morgan fingerprint density at radius 1 is 1.26 bits per heavy atom. The lowest BCUT2D eigenvalue weighted by Crippen LogP contribution is -2.38. The lowest BCUT2D eigenvalue weighted by molar-refractivity contribution is 0.0948. The quantitative estimate of drug-likeness (QED) is 0.153. The van der Waals surface area contributed by atoms with Crippen molar-refractivity contribution >= 4 is 83.0 Å². The van der Waals surface area contributed by atoms with Crippen molar-refractivity contribution in [2.75, 3.05) is 19.0 Å². The number of anilines is 1. The van der Waals surface area contributed by atoms with E-state index in [1.165, 1.54) is 13.3 Å². The summed E-state index contributed by atoms with van der Waals surface area (Å²) in [6.07, 6.45) is 2.16. The monoisotopic (exact) mass is 676 g/mol. The number of ether oxygens (including phenoxy) is 1. The SMILES string of the molecule is COC(=O)N(N)CCC(=O)c1cc(Br)cc(Br)c1NC(=O)n1cc(-c2ncccc2Cl)c(Br)n1. The molecule has 0 unspecified atom stereocenters. The molecule has 2 aromatic heterocycles. The third kappa shape index (κ3) is 6.02. The molecule has 14 heteroatoms. The van der Waals surface area contributed by atoms with Crippen LogP contribution in [0.2, 0.25) is 5.02 Å². The molecule has 0 bridgehead atoms. The number of nitrogens with two attached hydrogens (primary N) is 1. The molecule has 3 N–H and O–H groups in total. The van der Waals surface area contributed by atoms with Gasteiger partial charge in [-0.3, -0.25) is 9.78 Å². The van der Waals surface area contributed by atoms with E-state index in [4.69, 9.17) is 17.4 Å². The van der Waals surface area contributed by atoms with Crippen LogP contribution in [0.1, 0.15) is 16.8 Å². The maximum Gasteiger partial charge on any atom is 0.423 e. The van der Waals surface area contributed by atoms with E-state index in [1.807, 2.05) is 0 Å². The van der Waals surface area contributed by atoms with Crippen LogP contribution in [0.25, 0.3) is 11.3 Å². The molecule has 0 atom stereocenters. The number of pyridine rings is 1. The van der Waals surface area contributed by atoms with Gasteiger partial charge in [-0.05, 0) is 56.1 Å². The molecular formula is C20H16Br3ClN6O4. The van der Waals surface area contributed by atoms with E-state index < -0.39 is 12.1 Å². The van der Waals surface area contributed by atoms with Crippen LogP contribution in [0.4, 0.5) is 15.3 Å². The van der Waals surface area contributed by atoms with E-state index in [9.17, 15) is 14.4 Å². The molecule has 178 valence electrons. The molecule has 0 aliphatic carbocycles. The minimum absolute atomic E-state index is 0.0800.